The van der Waals surface area contributed by atoms with E-state index in [1.54, 1.807) is 0 Å². The van der Waals surface area contributed by atoms with Gasteiger partial charge in [0, 0.05) is 17.7 Å². The second-order valence-corrected chi connectivity index (χ2v) is 7.03. The van der Waals surface area contributed by atoms with Crippen molar-refractivity contribution in [2.24, 2.45) is 0 Å². The number of benzene rings is 2. The summed E-state index contributed by atoms with van der Waals surface area (Å²) < 4.78 is 5.72. The Morgan fingerprint density at radius 1 is 1.14 bits per heavy atom. The summed E-state index contributed by atoms with van der Waals surface area (Å²) in [5, 5.41) is 14.9. The van der Waals surface area contributed by atoms with Crippen LogP contribution in [0.15, 0.2) is 30.3 Å². The lowest BCUT2D eigenvalue weighted by Gasteiger charge is -2.14. The highest BCUT2D eigenvalue weighted by Gasteiger charge is 2.16. The highest BCUT2D eigenvalue weighted by molar-refractivity contribution is 6.37. The fourth-order valence-corrected chi connectivity index (χ4v) is 3.17. The van der Waals surface area contributed by atoms with Crippen molar-refractivity contribution in [2.45, 2.75) is 20.0 Å². The molecule has 1 amide bonds. The van der Waals surface area contributed by atoms with Gasteiger partial charge in [0.15, 0.2) is 5.75 Å². The summed E-state index contributed by atoms with van der Waals surface area (Å²) in [5.41, 5.74) is 1.69. The van der Waals surface area contributed by atoms with Gasteiger partial charge >= 0.3 is 5.97 Å². The number of anilines is 1. The van der Waals surface area contributed by atoms with Gasteiger partial charge in [-0.05, 0) is 24.6 Å². The third-order valence-corrected chi connectivity index (χ3v) is 4.68. The van der Waals surface area contributed by atoms with Gasteiger partial charge in [-0.25, -0.2) is 0 Å². The third-order valence-electron chi connectivity index (χ3n) is 3.68. The molecule has 0 aliphatic carbocycles. The van der Waals surface area contributed by atoms with Gasteiger partial charge in [0.25, 0.3) is 5.91 Å². The van der Waals surface area contributed by atoms with E-state index in [-0.39, 0.29) is 28.0 Å². The lowest BCUT2D eigenvalue weighted by molar-refractivity contribution is -0.135. The molecule has 2 rings (SSSR count). The van der Waals surface area contributed by atoms with E-state index in [9.17, 15) is 9.59 Å². The molecule has 0 saturated carbocycles. The van der Waals surface area contributed by atoms with E-state index in [1.165, 1.54) is 12.1 Å². The molecule has 6 nitrogen and oxygen atoms in total. The first-order valence-corrected chi connectivity index (χ1v) is 9.60. The van der Waals surface area contributed by atoms with Crippen molar-refractivity contribution in [3.05, 3.63) is 56.5 Å². The lowest BCUT2D eigenvalue weighted by atomic mass is 10.2. The number of carboxylic acid groups (broad SMARTS) is 1. The molecule has 150 valence electrons. The van der Waals surface area contributed by atoms with Crippen LogP contribution in [-0.2, 0) is 11.4 Å². The van der Waals surface area contributed by atoms with E-state index in [1.807, 2.05) is 18.2 Å². The Morgan fingerprint density at radius 2 is 1.82 bits per heavy atom. The van der Waals surface area contributed by atoms with E-state index < -0.39 is 18.4 Å². The maximum absolute atomic E-state index is 12.0. The second kappa shape index (κ2) is 10.4. The Bertz CT molecular complexity index is 851. The van der Waals surface area contributed by atoms with Crippen LogP contribution in [0.3, 0.4) is 0 Å². The van der Waals surface area contributed by atoms with Crippen LogP contribution in [0.4, 0.5) is 5.69 Å². The van der Waals surface area contributed by atoms with Gasteiger partial charge in [-0.15, -0.1) is 0 Å². The van der Waals surface area contributed by atoms with Gasteiger partial charge in [-0.2, -0.15) is 0 Å². The summed E-state index contributed by atoms with van der Waals surface area (Å²) in [6.07, 6.45) is 0.967. The Morgan fingerprint density at radius 3 is 2.43 bits per heavy atom. The molecule has 0 aliphatic rings. The maximum Gasteiger partial charge on any atom is 0.322 e. The molecular weight excluding hydrogens is 427 g/mol. The number of amides is 1. The van der Waals surface area contributed by atoms with Crippen molar-refractivity contribution in [3.8, 4) is 5.75 Å². The molecule has 0 radical (unpaired) electrons. The number of hydrogen-bond acceptors (Lipinski definition) is 4. The first-order valence-electron chi connectivity index (χ1n) is 8.46. The monoisotopic (exact) mass is 444 g/mol. The molecule has 28 heavy (non-hydrogen) atoms. The lowest BCUT2D eigenvalue weighted by Crippen LogP contribution is -2.29. The van der Waals surface area contributed by atoms with E-state index in [0.29, 0.717) is 5.02 Å². The predicted octanol–water partition coefficient (Wildman–Crippen LogP) is 4.86. The van der Waals surface area contributed by atoms with Crippen molar-refractivity contribution >= 4 is 52.4 Å². The summed E-state index contributed by atoms with van der Waals surface area (Å²) >= 11 is 18.8. The van der Waals surface area contributed by atoms with Crippen LogP contribution in [0.25, 0.3) is 0 Å². The largest absolute Gasteiger partial charge is 0.486 e. The zero-order chi connectivity index (χ0) is 20.7. The molecular formula is C19H19Cl3N2O4. The van der Waals surface area contributed by atoms with Gasteiger partial charge in [0.05, 0.1) is 20.8 Å². The fraction of sp³-hybridized carbons (Fsp3) is 0.263. The SMILES string of the molecule is CCCNc1cccc(COc2c(Cl)cc(C(=O)NCC(=O)O)cc2Cl)c1Cl. The Hall–Kier alpha value is -2.15. The molecule has 0 bridgehead atoms. The zero-order valence-corrected chi connectivity index (χ0v) is 17.3. The average molecular weight is 446 g/mol. The number of carbonyl (C=O) groups is 2. The summed E-state index contributed by atoms with van der Waals surface area (Å²) in [6, 6.07) is 8.30. The Labute approximate surface area is 177 Å². The minimum Gasteiger partial charge on any atom is -0.486 e. The first-order chi connectivity index (χ1) is 13.3. The normalized spacial score (nSPS) is 10.4. The third kappa shape index (κ3) is 5.92. The van der Waals surface area contributed by atoms with Crippen molar-refractivity contribution in [2.75, 3.05) is 18.4 Å². The maximum atomic E-state index is 12.0. The molecule has 0 aliphatic heterocycles. The fourth-order valence-electron chi connectivity index (χ4n) is 2.32. The average Bonchev–Trinajstić information content (AvgIpc) is 2.65. The van der Waals surface area contributed by atoms with Gasteiger partial charge in [-0.1, -0.05) is 53.9 Å². The smallest absolute Gasteiger partial charge is 0.322 e. The highest BCUT2D eigenvalue weighted by atomic mass is 35.5. The number of carbonyl (C=O) groups excluding carboxylic acids is 1. The molecule has 0 aromatic heterocycles. The Balaban J connectivity index is 2.13. The molecule has 2 aromatic carbocycles. The van der Waals surface area contributed by atoms with E-state index in [2.05, 4.69) is 17.6 Å². The summed E-state index contributed by atoms with van der Waals surface area (Å²) in [4.78, 5) is 22.5. The summed E-state index contributed by atoms with van der Waals surface area (Å²) in [7, 11) is 0. The van der Waals surface area contributed by atoms with Crippen molar-refractivity contribution in [3.63, 3.8) is 0 Å². The van der Waals surface area contributed by atoms with Crippen molar-refractivity contribution in [1.82, 2.24) is 5.32 Å². The number of halogens is 3. The highest BCUT2D eigenvalue weighted by Crippen LogP contribution is 2.36. The van der Waals surface area contributed by atoms with Gasteiger partial charge in [0.2, 0.25) is 0 Å². The standard InChI is InChI=1S/C19H19Cl3N2O4/c1-2-6-23-15-5-3-4-11(17(15)22)10-28-18-13(20)7-12(8-14(18)21)19(27)24-9-16(25)26/h3-5,7-8,23H,2,6,9-10H2,1H3,(H,24,27)(H,25,26). The quantitative estimate of drug-likeness (QED) is 0.513. The van der Waals surface area contributed by atoms with Crippen LogP contribution < -0.4 is 15.4 Å². The van der Waals surface area contributed by atoms with Crippen molar-refractivity contribution in [1.29, 1.82) is 0 Å². The molecule has 0 spiro atoms. The van der Waals surface area contributed by atoms with Crippen LogP contribution in [0.5, 0.6) is 5.75 Å². The zero-order valence-electron chi connectivity index (χ0n) is 15.0. The topological polar surface area (TPSA) is 87.7 Å². The summed E-state index contributed by atoms with van der Waals surface area (Å²) in [6.45, 7) is 2.48. The first kappa shape index (κ1) is 22.1. The number of aliphatic carboxylic acids is 1. The van der Waals surface area contributed by atoms with Crippen LogP contribution in [0.2, 0.25) is 15.1 Å². The number of rotatable bonds is 9. The number of ether oxygens (including phenoxy) is 1. The van der Waals surface area contributed by atoms with Crippen LogP contribution in [-0.4, -0.2) is 30.1 Å². The Kier molecular flexibility index (Phi) is 8.23. The molecule has 0 heterocycles. The van der Waals surface area contributed by atoms with E-state index >= 15 is 0 Å². The van der Waals surface area contributed by atoms with Crippen LogP contribution in [0, 0.1) is 0 Å². The van der Waals surface area contributed by atoms with Crippen molar-refractivity contribution < 1.29 is 19.4 Å². The molecule has 0 atom stereocenters. The van der Waals surface area contributed by atoms with Gasteiger partial charge in [0.1, 0.15) is 13.2 Å². The molecule has 9 heteroatoms. The molecule has 3 N–H and O–H groups in total. The van der Waals surface area contributed by atoms with Gasteiger partial charge < -0.3 is 20.5 Å². The minimum absolute atomic E-state index is 0.129. The molecule has 0 saturated heterocycles. The second-order valence-electron chi connectivity index (χ2n) is 5.84. The van der Waals surface area contributed by atoms with Crippen LogP contribution >= 0.6 is 34.8 Å². The van der Waals surface area contributed by atoms with E-state index in [4.69, 9.17) is 44.6 Å². The number of hydrogen-bond donors (Lipinski definition) is 3. The molecule has 2 aromatic rings. The summed E-state index contributed by atoms with van der Waals surface area (Å²) in [5.74, 6) is -1.55. The molecule has 0 fully saturated rings. The minimum atomic E-state index is -1.15. The number of nitrogens with one attached hydrogen (secondary N) is 2. The predicted molar refractivity (Wildman–Crippen MR) is 111 cm³/mol. The van der Waals surface area contributed by atoms with Gasteiger partial charge in [-0.3, -0.25) is 9.59 Å². The van der Waals surface area contributed by atoms with Crippen LogP contribution in [0.1, 0.15) is 29.3 Å². The number of carboxylic acids is 1. The molecule has 0 unspecified atom stereocenters. The van der Waals surface area contributed by atoms with E-state index in [0.717, 1.165) is 24.2 Å².